The first-order valence-electron chi connectivity index (χ1n) is 6.68. The number of hydrogen-bond donors (Lipinski definition) is 2. The van der Waals surface area contributed by atoms with Gasteiger partial charge in [0.15, 0.2) is 0 Å². The molecule has 0 radical (unpaired) electrons. The Morgan fingerprint density at radius 1 is 1.19 bits per heavy atom. The van der Waals surface area contributed by atoms with Crippen molar-refractivity contribution in [3.8, 4) is 0 Å². The summed E-state index contributed by atoms with van der Waals surface area (Å²) in [5.41, 5.74) is 6.80. The van der Waals surface area contributed by atoms with Gasteiger partial charge in [0, 0.05) is 17.0 Å². The van der Waals surface area contributed by atoms with Crippen molar-refractivity contribution >= 4 is 40.6 Å². The number of nitrogens with one attached hydrogen (secondary N) is 1. The van der Waals surface area contributed by atoms with Crippen molar-refractivity contribution in [1.29, 1.82) is 0 Å². The van der Waals surface area contributed by atoms with Crippen LogP contribution in [0.2, 0.25) is 5.02 Å². The van der Waals surface area contributed by atoms with E-state index in [9.17, 15) is 4.79 Å². The molecule has 0 saturated heterocycles. The Morgan fingerprint density at radius 3 is 2.67 bits per heavy atom. The molecule has 1 amide bonds. The summed E-state index contributed by atoms with van der Waals surface area (Å²) in [5, 5.41) is 3.26. The second kappa shape index (κ2) is 7.96. The highest BCUT2D eigenvalue weighted by atomic mass is 35.5. The fourth-order valence-electron chi connectivity index (χ4n) is 1.78. The molecule has 0 aliphatic carbocycles. The number of amides is 1. The Hall–Kier alpha value is -1.65. The molecular formula is C16H17ClN2OS. The highest BCUT2D eigenvalue weighted by molar-refractivity contribution is 7.99. The molecule has 5 heteroatoms. The SMILES string of the molecule is Nc1ccc(NC(=O)CCCSc2ccccc2)c(Cl)c1. The van der Waals surface area contributed by atoms with E-state index in [1.165, 1.54) is 4.90 Å². The second-order valence-electron chi connectivity index (χ2n) is 4.55. The number of halogens is 1. The van der Waals surface area contributed by atoms with E-state index in [2.05, 4.69) is 17.4 Å². The van der Waals surface area contributed by atoms with Crippen molar-refractivity contribution in [2.45, 2.75) is 17.7 Å². The van der Waals surface area contributed by atoms with Gasteiger partial charge < -0.3 is 11.1 Å². The first-order chi connectivity index (χ1) is 10.1. The molecule has 110 valence electrons. The molecule has 0 fully saturated rings. The van der Waals surface area contributed by atoms with Gasteiger partial charge in [0.25, 0.3) is 0 Å². The Kier molecular flexibility index (Phi) is 5.96. The first-order valence-corrected chi connectivity index (χ1v) is 8.04. The van der Waals surface area contributed by atoms with E-state index in [1.807, 2.05) is 18.2 Å². The van der Waals surface area contributed by atoms with E-state index >= 15 is 0 Å². The summed E-state index contributed by atoms with van der Waals surface area (Å²) in [6.45, 7) is 0. The number of carbonyl (C=O) groups is 1. The Labute approximate surface area is 133 Å². The molecule has 2 aromatic carbocycles. The average molecular weight is 321 g/mol. The maximum Gasteiger partial charge on any atom is 0.224 e. The van der Waals surface area contributed by atoms with Gasteiger partial charge in [-0.15, -0.1) is 11.8 Å². The van der Waals surface area contributed by atoms with E-state index in [4.69, 9.17) is 17.3 Å². The van der Waals surface area contributed by atoms with Gasteiger partial charge in [-0.1, -0.05) is 29.8 Å². The van der Waals surface area contributed by atoms with Crippen LogP contribution in [0.5, 0.6) is 0 Å². The van der Waals surface area contributed by atoms with Crippen LogP contribution in [0.1, 0.15) is 12.8 Å². The topological polar surface area (TPSA) is 55.1 Å². The molecule has 2 aromatic rings. The third-order valence-corrected chi connectivity index (χ3v) is 4.24. The predicted molar refractivity (Wildman–Crippen MR) is 90.9 cm³/mol. The van der Waals surface area contributed by atoms with Gasteiger partial charge in [-0.2, -0.15) is 0 Å². The fraction of sp³-hybridized carbons (Fsp3) is 0.188. The van der Waals surface area contributed by atoms with Crippen LogP contribution in [0.25, 0.3) is 0 Å². The molecule has 2 rings (SSSR count). The number of benzene rings is 2. The monoisotopic (exact) mass is 320 g/mol. The molecule has 0 aliphatic heterocycles. The van der Waals surface area contributed by atoms with Crippen molar-refractivity contribution in [2.75, 3.05) is 16.8 Å². The summed E-state index contributed by atoms with van der Waals surface area (Å²) in [6.07, 6.45) is 1.29. The number of thioether (sulfide) groups is 1. The van der Waals surface area contributed by atoms with Gasteiger partial charge in [0.1, 0.15) is 0 Å². The standard InChI is InChI=1S/C16H17ClN2OS/c17-14-11-12(18)8-9-15(14)19-16(20)7-4-10-21-13-5-2-1-3-6-13/h1-3,5-6,8-9,11H,4,7,10,18H2,(H,19,20). The van der Waals surface area contributed by atoms with Crippen molar-refractivity contribution in [2.24, 2.45) is 0 Å². The van der Waals surface area contributed by atoms with E-state index in [0.717, 1.165) is 12.2 Å². The van der Waals surface area contributed by atoms with Gasteiger partial charge in [0.05, 0.1) is 10.7 Å². The number of nitrogens with two attached hydrogens (primary N) is 1. The zero-order valence-electron chi connectivity index (χ0n) is 11.5. The van der Waals surface area contributed by atoms with Crippen LogP contribution in [0.15, 0.2) is 53.4 Å². The summed E-state index contributed by atoms with van der Waals surface area (Å²) < 4.78 is 0. The third kappa shape index (κ3) is 5.33. The maximum atomic E-state index is 11.9. The normalized spacial score (nSPS) is 10.3. The molecule has 0 heterocycles. The number of anilines is 2. The van der Waals surface area contributed by atoms with Gasteiger partial charge in [-0.3, -0.25) is 4.79 Å². The molecule has 3 nitrogen and oxygen atoms in total. The third-order valence-electron chi connectivity index (χ3n) is 2.83. The molecule has 0 aliphatic rings. The van der Waals surface area contributed by atoms with Crippen LogP contribution in [-0.2, 0) is 4.79 Å². The zero-order valence-corrected chi connectivity index (χ0v) is 13.1. The smallest absolute Gasteiger partial charge is 0.224 e. The fourth-order valence-corrected chi connectivity index (χ4v) is 2.90. The highest BCUT2D eigenvalue weighted by Crippen LogP contribution is 2.24. The summed E-state index contributed by atoms with van der Waals surface area (Å²) in [4.78, 5) is 13.1. The van der Waals surface area contributed by atoms with E-state index in [1.54, 1.807) is 30.0 Å². The summed E-state index contributed by atoms with van der Waals surface area (Å²) in [6, 6.07) is 15.2. The summed E-state index contributed by atoms with van der Waals surface area (Å²) in [5.74, 6) is 0.878. The zero-order chi connectivity index (χ0) is 15.1. The predicted octanol–water partition coefficient (Wildman–Crippen LogP) is 4.43. The molecule has 0 aromatic heterocycles. The molecule has 3 N–H and O–H groups in total. The van der Waals surface area contributed by atoms with Crippen molar-refractivity contribution < 1.29 is 4.79 Å². The van der Waals surface area contributed by atoms with Gasteiger partial charge in [0.2, 0.25) is 5.91 Å². The number of hydrogen-bond acceptors (Lipinski definition) is 3. The molecule has 0 unspecified atom stereocenters. The lowest BCUT2D eigenvalue weighted by molar-refractivity contribution is -0.116. The van der Waals surface area contributed by atoms with Gasteiger partial charge >= 0.3 is 0 Å². The minimum absolute atomic E-state index is 0.0321. The molecule has 0 saturated carbocycles. The molecule has 0 atom stereocenters. The second-order valence-corrected chi connectivity index (χ2v) is 6.13. The largest absolute Gasteiger partial charge is 0.399 e. The van der Waals surface area contributed by atoms with Crippen LogP contribution < -0.4 is 11.1 Å². The Balaban J connectivity index is 1.72. The summed E-state index contributed by atoms with van der Waals surface area (Å²) >= 11 is 7.77. The lowest BCUT2D eigenvalue weighted by Gasteiger charge is -2.07. The first kappa shape index (κ1) is 15.7. The lowest BCUT2D eigenvalue weighted by atomic mass is 10.2. The van der Waals surface area contributed by atoms with E-state index < -0.39 is 0 Å². The Bertz CT molecular complexity index is 604. The molecule has 0 bridgehead atoms. The molecule has 0 spiro atoms. The average Bonchev–Trinajstić information content (AvgIpc) is 2.48. The molecule has 21 heavy (non-hydrogen) atoms. The van der Waals surface area contributed by atoms with Gasteiger partial charge in [-0.05, 0) is 42.5 Å². The number of carbonyl (C=O) groups excluding carboxylic acids is 1. The van der Waals surface area contributed by atoms with Crippen LogP contribution in [0, 0.1) is 0 Å². The number of rotatable bonds is 6. The van der Waals surface area contributed by atoms with Gasteiger partial charge in [-0.25, -0.2) is 0 Å². The highest BCUT2D eigenvalue weighted by Gasteiger charge is 2.06. The molecular weight excluding hydrogens is 304 g/mol. The van der Waals surface area contributed by atoms with Crippen LogP contribution >= 0.6 is 23.4 Å². The maximum absolute atomic E-state index is 11.9. The van der Waals surface area contributed by atoms with E-state index in [-0.39, 0.29) is 5.91 Å². The van der Waals surface area contributed by atoms with Crippen LogP contribution in [0.4, 0.5) is 11.4 Å². The van der Waals surface area contributed by atoms with Crippen molar-refractivity contribution in [3.05, 3.63) is 53.6 Å². The van der Waals surface area contributed by atoms with Crippen molar-refractivity contribution in [1.82, 2.24) is 0 Å². The van der Waals surface area contributed by atoms with Crippen LogP contribution in [0.3, 0.4) is 0 Å². The minimum atomic E-state index is -0.0321. The summed E-state index contributed by atoms with van der Waals surface area (Å²) in [7, 11) is 0. The number of nitrogen functional groups attached to an aromatic ring is 1. The quantitative estimate of drug-likeness (QED) is 0.470. The lowest BCUT2D eigenvalue weighted by Crippen LogP contribution is -2.11. The Morgan fingerprint density at radius 2 is 1.95 bits per heavy atom. The van der Waals surface area contributed by atoms with E-state index in [0.29, 0.717) is 22.8 Å². The van der Waals surface area contributed by atoms with Crippen LogP contribution in [-0.4, -0.2) is 11.7 Å². The van der Waals surface area contributed by atoms with Crippen molar-refractivity contribution in [3.63, 3.8) is 0 Å². The minimum Gasteiger partial charge on any atom is -0.399 e.